The van der Waals surface area contributed by atoms with Crippen molar-refractivity contribution in [2.24, 2.45) is 5.92 Å². The third kappa shape index (κ3) is 3.93. The normalized spacial score (nSPS) is 17.8. The summed E-state index contributed by atoms with van der Waals surface area (Å²) in [5.41, 5.74) is -0.599. The van der Waals surface area contributed by atoms with Crippen LogP contribution >= 0.6 is 0 Å². The molecule has 1 atom stereocenters. The van der Waals surface area contributed by atoms with Crippen LogP contribution in [0.4, 0.5) is 0 Å². The number of rotatable bonds is 5. The first-order chi connectivity index (χ1) is 11.4. The van der Waals surface area contributed by atoms with Crippen LogP contribution in [0.15, 0.2) is 30.3 Å². The summed E-state index contributed by atoms with van der Waals surface area (Å²) in [5, 5.41) is 11.9. The number of aliphatic carboxylic acids is 1. The van der Waals surface area contributed by atoms with Crippen molar-refractivity contribution >= 4 is 17.8 Å². The fraction of sp³-hybridized carbons (Fsp3) is 0.500. The second-order valence-electron chi connectivity index (χ2n) is 6.41. The summed E-state index contributed by atoms with van der Waals surface area (Å²) in [4.78, 5) is 37.8. The molecule has 0 bridgehead atoms. The average Bonchev–Trinajstić information content (AvgIpc) is 2.61. The Labute approximate surface area is 141 Å². The molecule has 130 valence electrons. The number of nitrogens with one attached hydrogen (secondary N) is 1. The Bertz CT molecular complexity index is 609. The zero-order chi connectivity index (χ0) is 17.7. The van der Waals surface area contributed by atoms with Crippen LogP contribution in [0.1, 0.15) is 43.5 Å². The lowest BCUT2D eigenvalue weighted by molar-refractivity contribution is -0.148. The molecular formula is C18H24N2O4. The van der Waals surface area contributed by atoms with Gasteiger partial charge < -0.3 is 15.3 Å². The minimum atomic E-state index is -1.24. The van der Waals surface area contributed by atoms with E-state index in [1.165, 1.54) is 6.92 Å². The molecule has 6 nitrogen and oxygen atoms in total. The zero-order valence-electron chi connectivity index (χ0n) is 14.1. The Hall–Kier alpha value is -2.37. The molecule has 1 aliphatic rings. The number of carbonyl (C=O) groups is 3. The highest BCUT2D eigenvalue weighted by molar-refractivity contribution is 5.94. The van der Waals surface area contributed by atoms with Crippen LogP contribution in [0, 0.1) is 5.92 Å². The van der Waals surface area contributed by atoms with E-state index in [2.05, 4.69) is 5.32 Å². The summed E-state index contributed by atoms with van der Waals surface area (Å²) in [5.74, 6) is -1.56. The van der Waals surface area contributed by atoms with E-state index in [1.54, 1.807) is 24.0 Å². The molecule has 1 saturated heterocycles. The summed E-state index contributed by atoms with van der Waals surface area (Å²) in [7, 11) is 0. The molecule has 0 saturated carbocycles. The molecule has 0 radical (unpaired) electrons. The number of carboxylic acid groups (broad SMARTS) is 1. The fourth-order valence-corrected chi connectivity index (χ4v) is 2.78. The maximum absolute atomic E-state index is 12.4. The van der Waals surface area contributed by atoms with Gasteiger partial charge in [-0.15, -0.1) is 0 Å². The highest BCUT2D eigenvalue weighted by Gasteiger charge is 2.36. The number of benzene rings is 1. The van der Waals surface area contributed by atoms with Gasteiger partial charge in [0, 0.05) is 24.6 Å². The second-order valence-corrected chi connectivity index (χ2v) is 6.41. The maximum Gasteiger partial charge on any atom is 0.329 e. The number of carboxylic acids is 1. The molecule has 2 N–H and O–H groups in total. The largest absolute Gasteiger partial charge is 0.480 e. The number of carbonyl (C=O) groups excluding carboxylic acids is 2. The first-order valence-corrected chi connectivity index (χ1v) is 8.27. The van der Waals surface area contributed by atoms with Crippen molar-refractivity contribution in [3.05, 3.63) is 35.9 Å². The SMILES string of the molecule is CCC(C)(NC(=O)C1CCN(C(=O)c2ccccc2)CC1)C(=O)O. The van der Waals surface area contributed by atoms with Gasteiger partial charge in [0.15, 0.2) is 0 Å². The first kappa shape index (κ1) is 18.0. The van der Waals surface area contributed by atoms with Crippen LogP contribution in [0.25, 0.3) is 0 Å². The smallest absolute Gasteiger partial charge is 0.329 e. The van der Waals surface area contributed by atoms with E-state index in [1.807, 2.05) is 18.2 Å². The Kier molecular flexibility index (Phi) is 5.59. The minimum absolute atomic E-state index is 0.0293. The summed E-state index contributed by atoms with van der Waals surface area (Å²) in [6.45, 7) is 4.25. The third-order valence-electron chi connectivity index (χ3n) is 4.75. The molecule has 1 aliphatic heterocycles. The Morgan fingerprint density at radius 2 is 1.79 bits per heavy atom. The monoisotopic (exact) mass is 332 g/mol. The predicted molar refractivity (Wildman–Crippen MR) is 89.5 cm³/mol. The Balaban J connectivity index is 1.92. The van der Waals surface area contributed by atoms with Crippen molar-refractivity contribution in [2.45, 2.75) is 38.6 Å². The van der Waals surface area contributed by atoms with Crippen molar-refractivity contribution in [3.8, 4) is 0 Å². The summed E-state index contributed by atoms with van der Waals surface area (Å²) >= 11 is 0. The molecule has 6 heteroatoms. The van der Waals surface area contributed by atoms with Crippen molar-refractivity contribution in [2.75, 3.05) is 13.1 Å². The molecule has 2 rings (SSSR count). The van der Waals surface area contributed by atoms with Gasteiger partial charge in [-0.3, -0.25) is 9.59 Å². The zero-order valence-corrected chi connectivity index (χ0v) is 14.1. The summed E-state index contributed by atoms with van der Waals surface area (Å²) in [6.07, 6.45) is 1.41. The van der Waals surface area contributed by atoms with E-state index in [9.17, 15) is 19.5 Å². The molecule has 24 heavy (non-hydrogen) atoms. The third-order valence-corrected chi connectivity index (χ3v) is 4.75. The molecule has 1 aromatic carbocycles. The van der Waals surface area contributed by atoms with Gasteiger partial charge in [-0.25, -0.2) is 4.79 Å². The summed E-state index contributed by atoms with van der Waals surface area (Å²) in [6, 6.07) is 9.07. The van der Waals surface area contributed by atoms with Crippen molar-refractivity contribution < 1.29 is 19.5 Å². The van der Waals surface area contributed by atoms with Gasteiger partial charge in [0.05, 0.1) is 0 Å². The lowest BCUT2D eigenvalue weighted by Crippen LogP contribution is -2.54. The van der Waals surface area contributed by atoms with E-state index in [-0.39, 0.29) is 17.7 Å². The van der Waals surface area contributed by atoms with E-state index < -0.39 is 11.5 Å². The first-order valence-electron chi connectivity index (χ1n) is 8.27. The Morgan fingerprint density at radius 1 is 1.21 bits per heavy atom. The van der Waals surface area contributed by atoms with E-state index >= 15 is 0 Å². The molecular weight excluding hydrogens is 308 g/mol. The number of likely N-dealkylation sites (tertiary alicyclic amines) is 1. The fourth-order valence-electron chi connectivity index (χ4n) is 2.78. The van der Waals surface area contributed by atoms with Gasteiger partial charge in [0.1, 0.15) is 5.54 Å². The van der Waals surface area contributed by atoms with Crippen LogP contribution < -0.4 is 5.32 Å². The quantitative estimate of drug-likeness (QED) is 0.862. The number of nitrogens with zero attached hydrogens (tertiary/aromatic N) is 1. The number of amides is 2. The summed E-state index contributed by atoms with van der Waals surface area (Å²) < 4.78 is 0. The van der Waals surface area contributed by atoms with Gasteiger partial charge >= 0.3 is 5.97 Å². The molecule has 1 fully saturated rings. The number of piperidine rings is 1. The average molecular weight is 332 g/mol. The molecule has 1 heterocycles. The Morgan fingerprint density at radius 3 is 2.29 bits per heavy atom. The second kappa shape index (κ2) is 7.47. The van der Waals surface area contributed by atoms with Gasteiger partial charge in [-0.1, -0.05) is 25.1 Å². The minimum Gasteiger partial charge on any atom is -0.480 e. The highest BCUT2D eigenvalue weighted by Crippen LogP contribution is 2.21. The number of hydrogen-bond acceptors (Lipinski definition) is 3. The standard InChI is InChI=1S/C18H24N2O4/c1-3-18(2,17(23)24)19-15(21)13-9-11-20(12-10-13)16(22)14-7-5-4-6-8-14/h4-8,13H,3,9-12H2,1-2H3,(H,19,21)(H,23,24). The van der Waals surface area contributed by atoms with Crippen molar-refractivity contribution in [1.29, 1.82) is 0 Å². The maximum atomic E-state index is 12.4. The molecule has 0 spiro atoms. The number of hydrogen-bond donors (Lipinski definition) is 2. The van der Waals surface area contributed by atoms with Crippen LogP contribution in [0.5, 0.6) is 0 Å². The topological polar surface area (TPSA) is 86.7 Å². The van der Waals surface area contributed by atoms with Crippen molar-refractivity contribution in [1.82, 2.24) is 10.2 Å². The molecule has 1 aromatic rings. The van der Waals surface area contributed by atoms with Crippen LogP contribution in [0.2, 0.25) is 0 Å². The van der Waals surface area contributed by atoms with Crippen LogP contribution in [0.3, 0.4) is 0 Å². The van der Waals surface area contributed by atoms with Crippen molar-refractivity contribution in [3.63, 3.8) is 0 Å². The van der Waals surface area contributed by atoms with Gasteiger partial charge in [-0.2, -0.15) is 0 Å². The van der Waals surface area contributed by atoms with Gasteiger partial charge in [0.25, 0.3) is 5.91 Å². The molecule has 0 aromatic heterocycles. The lowest BCUT2D eigenvalue weighted by Gasteiger charge is -2.33. The van der Waals surface area contributed by atoms with Gasteiger partial charge in [-0.05, 0) is 38.3 Å². The van der Waals surface area contributed by atoms with Gasteiger partial charge in [0.2, 0.25) is 5.91 Å². The highest BCUT2D eigenvalue weighted by atomic mass is 16.4. The van der Waals surface area contributed by atoms with Crippen LogP contribution in [-0.4, -0.2) is 46.4 Å². The van der Waals surface area contributed by atoms with E-state index in [0.717, 1.165) is 0 Å². The van der Waals surface area contributed by atoms with Crippen LogP contribution in [-0.2, 0) is 9.59 Å². The molecule has 1 unspecified atom stereocenters. The molecule has 0 aliphatic carbocycles. The van der Waals surface area contributed by atoms with E-state index in [4.69, 9.17) is 0 Å². The predicted octanol–water partition coefficient (Wildman–Crippen LogP) is 1.91. The molecule has 2 amide bonds. The van der Waals surface area contributed by atoms with E-state index in [0.29, 0.717) is 37.9 Å². The lowest BCUT2D eigenvalue weighted by atomic mass is 9.92.